The molecule has 0 unspecified atom stereocenters. The second-order valence-electron chi connectivity index (χ2n) is 4.38. The molecule has 0 aliphatic carbocycles. The molecule has 2 rings (SSSR count). The van der Waals surface area contributed by atoms with E-state index in [1.54, 1.807) is 17.8 Å². The number of halogens is 1. The third-order valence-electron chi connectivity index (χ3n) is 2.82. The second kappa shape index (κ2) is 6.68. The van der Waals surface area contributed by atoms with E-state index in [0.29, 0.717) is 10.6 Å². The van der Waals surface area contributed by atoms with E-state index in [1.165, 1.54) is 11.1 Å². The fourth-order valence-corrected chi connectivity index (χ4v) is 3.25. The van der Waals surface area contributed by atoms with Crippen LogP contribution < -0.4 is 5.73 Å². The zero-order valence-electron chi connectivity index (χ0n) is 11.0. The summed E-state index contributed by atoms with van der Waals surface area (Å²) in [7, 11) is 0. The van der Waals surface area contributed by atoms with Crippen molar-refractivity contribution >= 4 is 29.2 Å². The van der Waals surface area contributed by atoms with Gasteiger partial charge in [-0.2, -0.15) is 0 Å². The first-order chi connectivity index (χ1) is 9.61. The summed E-state index contributed by atoms with van der Waals surface area (Å²) in [6.07, 6.45) is 0. The Morgan fingerprint density at radius 1 is 1.30 bits per heavy atom. The van der Waals surface area contributed by atoms with Crippen molar-refractivity contribution < 1.29 is 5.21 Å². The maximum absolute atomic E-state index is 8.85. The number of oxime groups is 1. The lowest BCUT2D eigenvalue weighted by Crippen LogP contribution is -2.14. The number of benzene rings is 2. The van der Waals surface area contributed by atoms with Crippen molar-refractivity contribution in [3.63, 3.8) is 0 Å². The molecule has 2 aromatic rings. The van der Waals surface area contributed by atoms with Crippen LogP contribution in [-0.4, -0.2) is 11.0 Å². The molecule has 3 N–H and O–H groups in total. The predicted octanol–water partition coefficient (Wildman–Crippen LogP) is 4.04. The number of amidine groups is 1. The van der Waals surface area contributed by atoms with Crippen LogP contribution >= 0.6 is 23.4 Å². The number of hydrogen-bond donors (Lipinski definition) is 2. The van der Waals surface area contributed by atoms with Gasteiger partial charge in [-0.3, -0.25) is 0 Å². The standard InChI is InChI=1S/C15H15ClN2OS/c1-10-4-2-5-11(8-10)9-20-13-7-3-6-12(16)14(13)15(17)18-19/h2-8,19H,9H2,1H3,(H2,17,18). The molecule has 104 valence electrons. The van der Waals surface area contributed by atoms with Crippen LogP contribution in [0.2, 0.25) is 5.02 Å². The van der Waals surface area contributed by atoms with E-state index in [1.807, 2.05) is 18.2 Å². The summed E-state index contributed by atoms with van der Waals surface area (Å²) < 4.78 is 0. The Morgan fingerprint density at radius 3 is 2.75 bits per heavy atom. The number of hydrogen-bond acceptors (Lipinski definition) is 3. The van der Waals surface area contributed by atoms with Crippen LogP contribution in [0.5, 0.6) is 0 Å². The molecular formula is C15H15ClN2OS. The zero-order valence-corrected chi connectivity index (χ0v) is 12.6. The zero-order chi connectivity index (χ0) is 14.5. The van der Waals surface area contributed by atoms with Gasteiger partial charge in [-0.1, -0.05) is 52.7 Å². The minimum Gasteiger partial charge on any atom is -0.409 e. The first-order valence-corrected chi connectivity index (χ1v) is 7.43. The maximum atomic E-state index is 8.85. The molecule has 5 heteroatoms. The second-order valence-corrected chi connectivity index (χ2v) is 5.80. The van der Waals surface area contributed by atoms with Crippen LogP contribution in [0.4, 0.5) is 0 Å². The van der Waals surface area contributed by atoms with Crippen LogP contribution in [0, 0.1) is 6.92 Å². The first kappa shape index (κ1) is 14.8. The molecule has 0 atom stereocenters. The largest absolute Gasteiger partial charge is 0.409 e. The molecule has 0 aliphatic rings. The smallest absolute Gasteiger partial charge is 0.172 e. The molecule has 0 spiro atoms. The Kier molecular flexibility index (Phi) is 4.93. The molecule has 20 heavy (non-hydrogen) atoms. The average Bonchev–Trinajstić information content (AvgIpc) is 2.44. The lowest BCUT2D eigenvalue weighted by atomic mass is 10.2. The third kappa shape index (κ3) is 3.46. The van der Waals surface area contributed by atoms with E-state index < -0.39 is 0 Å². The van der Waals surface area contributed by atoms with Gasteiger partial charge in [0.05, 0.1) is 10.6 Å². The van der Waals surface area contributed by atoms with Crippen molar-refractivity contribution in [3.05, 3.63) is 64.2 Å². The van der Waals surface area contributed by atoms with Crippen molar-refractivity contribution in [2.24, 2.45) is 10.9 Å². The van der Waals surface area contributed by atoms with E-state index in [0.717, 1.165) is 10.6 Å². The van der Waals surface area contributed by atoms with E-state index in [4.69, 9.17) is 22.5 Å². The molecule has 0 amide bonds. The van der Waals surface area contributed by atoms with Crippen LogP contribution in [0.1, 0.15) is 16.7 Å². The summed E-state index contributed by atoms with van der Waals surface area (Å²) in [4.78, 5) is 0.898. The van der Waals surface area contributed by atoms with Crippen LogP contribution in [0.25, 0.3) is 0 Å². The molecule has 2 aromatic carbocycles. The van der Waals surface area contributed by atoms with Gasteiger partial charge in [-0.15, -0.1) is 11.8 Å². The number of nitrogens with two attached hydrogens (primary N) is 1. The first-order valence-electron chi connectivity index (χ1n) is 6.06. The van der Waals surface area contributed by atoms with Gasteiger partial charge >= 0.3 is 0 Å². The maximum Gasteiger partial charge on any atom is 0.172 e. The Hall–Kier alpha value is -1.65. The Balaban J connectivity index is 2.24. The summed E-state index contributed by atoms with van der Waals surface area (Å²) in [5.74, 6) is 0.829. The van der Waals surface area contributed by atoms with E-state index in [-0.39, 0.29) is 5.84 Å². The molecule has 0 fully saturated rings. The van der Waals surface area contributed by atoms with Gasteiger partial charge in [0, 0.05) is 10.6 Å². The molecule has 0 aliphatic heterocycles. The van der Waals surface area contributed by atoms with Gasteiger partial charge in [0.15, 0.2) is 5.84 Å². The summed E-state index contributed by atoms with van der Waals surface area (Å²) in [5, 5.41) is 12.4. The predicted molar refractivity (Wildman–Crippen MR) is 84.7 cm³/mol. The molecule has 0 radical (unpaired) electrons. The lowest BCUT2D eigenvalue weighted by molar-refractivity contribution is 0.318. The van der Waals surface area contributed by atoms with Gasteiger partial charge in [-0.05, 0) is 24.6 Å². The quantitative estimate of drug-likeness (QED) is 0.295. The van der Waals surface area contributed by atoms with Crippen LogP contribution in [0.3, 0.4) is 0 Å². The minimum atomic E-state index is 0.0299. The van der Waals surface area contributed by atoms with Crippen LogP contribution in [0.15, 0.2) is 52.5 Å². The van der Waals surface area contributed by atoms with Crippen LogP contribution in [-0.2, 0) is 5.75 Å². The monoisotopic (exact) mass is 306 g/mol. The van der Waals surface area contributed by atoms with Gasteiger partial charge in [-0.25, -0.2) is 0 Å². The van der Waals surface area contributed by atoms with E-state index in [2.05, 4.69) is 30.3 Å². The fourth-order valence-electron chi connectivity index (χ4n) is 1.89. The Labute approximate surface area is 127 Å². The van der Waals surface area contributed by atoms with Gasteiger partial charge in [0.1, 0.15) is 0 Å². The molecule has 0 aromatic heterocycles. The molecule has 0 saturated heterocycles. The van der Waals surface area contributed by atoms with Gasteiger partial charge in [0.25, 0.3) is 0 Å². The highest BCUT2D eigenvalue weighted by atomic mass is 35.5. The van der Waals surface area contributed by atoms with Crippen molar-refractivity contribution in [1.29, 1.82) is 0 Å². The molecule has 0 saturated carbocycles. The molecule has 3 nitrogen and oxygen atoms in total. The minimum absolute atomic E-state index is 0.0299. The molecule has 0 bridgehead atoms. The topological polar surface area (TPSA) is 58.6 Å². The molecule has 0 heterocycles. The SMILES string of the molecule is Cc1cccc(CSc2cccc(Cl)c2C(N)=NO)c1. The highest BCUT2D eigenvalue weighted by Crippen LogP contribution is 2.30. The van der Waals surface area contributed by atoms with Gasteiger partial charge < -0.3 is 10.9 Å². The summed E-state index contributed by atoms with van der Waals surface area (Å²) >= 11 is 7.74. The fraction of sp³-hybridized carbons (Fsp3) is 0.133. The lowest BCUT2D eigenvalue weighted by Gasteiger charge is -2.10. The highest BCUT2D eigenvalue weighted by molar-refractivity contribution is 7.98. The number of nitrogens with zero attached hydrogens (tertiary/aromatic N) is 1. The summed E-state index contributed by atoms with van der Waals surface area (Å²) in [6, 6.07) is 13.8. The Bertz CT molecular complexity index is 644. The average molecular weight is 307 g/mol. The number of aryl methyl sites for hydroxylation is 1. The van der Waals surface area contributed by atoms with Crippen molar-refractivity contribution in [3.8, 4) is 0 Å². The van der Waals surface area contributed by atoms with Gasteiger partial charge in [0.2, 0.25) is 0 Å². The highest BCUT2D eigenvalue weighted by Gasteiger charge is 2.12. The van der Waals surface area contributed by atoms with E-state index in [9.17, 15) is 0 Å². The summed E-state index contributed by atoms with van der Waals surface area (Å²) in [5.41, 5.74) is 8.72. The van der Waals surface area contributed by atoms with Crippen molar-refractivity contribution in [2.45, 2.75) is 17.6 Å². The normalized spacial score (nSPS) is 11.6. The molecular weight excluding hydrogens is 292 g/mol. The number of thioether (sulfide) groups is 1. The summed E-state index contributed by atoms with van der Waals surface area (Å²) in [6.45, 7) is 2.06. The van der Waals surface area contributed by atoms with Crippen molar-refractivity contribution in [2.75, 3.05) is 0 Å². The Morgan fingerprint density at radius 2 is 2.05 bits per heavy atom. The number of rotatable bonds is 4. The van der Waals surface area contributed by atoms with Crippen molar-refractivity contribution in [1.82, 2.24) is 0 Å². The third-order valence-corrected chi connectivity index (χ3v) is 4.26. The van der Waals surface area contributed by atoms with E-state index >= 15 is 0 Å².